The second kappa shape index (κ2) is 13.5. The number of aliphatic carboxylic acids is 1. The zero-order valence-corrected chi connectivity index (χ0v) is 28.1. The van der Waals surface area contributed by atoms with Crippen LogP contribution in [0.25, 0.3) is 28.5 Å². The maximum Gasteiger partial charge on any atom is 0.413 e. The number of hydrogen-bond donors (Lipinski definition) is 2. The number of aryl methyl sites for hydroxylation is 1. The van der Waals surface area contributed by atoms with Crippen LogP contribution >= 0.6 is 0 Å². The van der Waals surface area contributed by atoms with E-state index in [0.717, 1.165) is 51.3 Å². The number of nitrogens with one attached hydrogen (secondary N) is 1. The number of hydrogen-bond acceptors (Lipinski definition) is 7. The van der Waals surface area contributed by atoms with Gasteiger partial charge in [0.05, 0.1) is 35.7 Å². The molecule has 3 heterocycles. The van der Waals surface area contributed by atoms with Gasteiger partial charge in [0.1, 0.15) is 17.2 Å². The van der Waals surface area contributed by atoms with E-state index in [-0.39, 0.29) is 24.3 Å². The number of ether oxygens (including phenoxy) is 3. The standard InChI is InChI=1S/C37H44FN3O6/c1-21(2)33-28(16-15-24-19-25(20-31(42)43)46-37(6,7)45-24)32(22-11-13-23(38)14-12-22)27-9-8-10-29-26(34(27)41-33)17-18-30(39-29)40-35(44)47-36(3,4)5/h11-18,21,24-25H,8-10,19-20H2,1-7H3,(H,42,43)(H,39,40,44)/b16-15+/t24-,25-/m1/s1. The Balaban J connectivity index is 1.62. The minimum absolute atomic E-state index is 0.0266. The quantitative estimate of drug-likeness (QED) is 0.263. The lowest BCUT2D eigenvalue weighted by Gasteiger charge is -2.39. The van der Waals surface area contributed by atoms with Crippen LogP contribution < -0.4 is 5.32 Å². The zero-order valence-electron chi connectivity index (χ0n) is 28.1. The smallest absolute Gasteiger partial charge is 0.413 e. The van der Waals surface area contributed by atoms with Crippen LogP contribution in [-0.4, -0.2) is 50.7 Å². The van der Waals surface area contributed by atoms with Crippen LogP contribution in [-0.2, 0) is 31.8 Å². The van der Waals surface area contributed by atoms with E-state index in [9.17, 15) is 19.1 Å². The molecule has 0 saturated carbocycles. The molecule has 1 aliphatic carbocycles. The highest BCUT2D eigenvalue weighted by molar-refractivity contribution is 5.87. The van der Waals surface area contributed by atoms with Crippen molar-refractivity contribution in [2.24, 2.45) is 0 Å². The number of fused-ring (bicyclic) bond motifs is 3. The summed E-state index contributed by atoms with van der Waals surface area (Å²) in [6.45, 7) is 13.2. The number of carboxylic acid groups (broad SMARTS) is 1. The Morgan fingerprint density at radius 1 is 1.11 bits per heavy atom. The molecule has 2 N–H and O–H groups in total. The predicted molar refractivity (Wildman–Crippen MR) is 179 cm³/mol. The zero-order chi connectivity index (χ0) is 34.1. The van der Waals surface area contributed by atoms with Crippen molar-refractivity contribution in [2.45, 2.75) is 110 Å². The Hall–Kier alpha value is -4.15. The summed E-state index contributed by atoms with van der Waals surface area (Å²) in [6.07, 6.45) is 4.99. The second-order valence-electron chi connectivity index (χ2n) is 13.9. The number of halogens is 1. The molecule has 0 radical (unpaired) electrons. The summed E-state index contributed by atoms with van der Waals surface area (Å²) in [5.74, 6) is -1.76. The van der Waals surface area contributed by atoms with Crippen molar-refractivity contribution in [3.05, 3.63) is 70.8 Å². The van der Waals surface area contributed by atoms with E-state index in [1.165, 1.54) is 12.1 Å². The Morgan fingerprint density at radius 2 is 1.83 bits per heavy atom. The van der Waals surface area contributed by atoms with Gasteiger partial charge in [0.25, 0.3) is 0 Å². The van der Waals surface area contributed by atoms with Crippen LogP contribution in [0.3, 0.4) is 0 Å². The van der Waals surface area contributed by atoms with Gasteiger partial charge in [0, 0.05) is 17.5 Å². The van der Waals surface area contributed by atoms with E-state index in [4.69, 9.17) is 24.2 Å². The van der Waals surface area contributed by atoms with Crippen molar-refractivity contribution in [1.82, 2.24) is 9.97 Å². The summed E-state index contributed by atoms with van der Waals surface area (Å²) < 4.78 is 31.7. The molecule has 0 bridgehead atoms. The van der Waals surface area contributed by atoms with Gasteiger partial charge in [0.15, 0.2) is 5.79 Å². The largest absolute Gasteiger partial charge is 0.481 e. The number of nitrogens with zero attached hydrogens (tertiary/aromatic N) is 2. The third kappa shape index (κ3) is 8.42. The van der Waals surface area contributed by atoms with Crippen molar-refractivity contribution in [1.29, 1.82) is 0 Å². The molecule has 2 aromatic heterocycles. The van der Waals surface area contributed by atoms with Gasteiger partial charge in [-0.15, -0.1) is 0 Å². The number of carbonyl (C=O) groups excluding carboxylic acids is 1. The van der Waals surface area contributed by atoms with Crippen LogP contribution in [0.5, 0.6) is 0 Å². The molecule has 1 aliphatic heterocycles. The van der Waals surface area contributed by atoms with Crippen LogP contribution in [0.2, 0.25) is 0 Å². The molecule has 1 fully saturated rings. The maximum absolute atomic E-state index is 14.2. The summed E-state index contributed by atoms with van der Waals surface area (Å²) in [4.78, 5) is 34.0. The van der Waals surface area contributed by atoms with Crippen LogP contribution in [0.1, 0.15) is 96.2 Å². The summed E-state index contributed by atoms with van der Waals surface area (Å²) in [7, 11) is 0. The molecule has 250 valence electrons. The molecule has 1 saturated heterocycles. The Kier molecular flexibility index (Phi) is 9.84. The molecule has 5 rings (SSSR count). The molecule has 2 atom stereocenters. The first-order valence-electron chi connectivity index (χ1n) is 16.2. The summed E-state index contributed by atoms with van der Waals surface area (Å²) in [5.41, 5.74) is 6.53. The Labute approximate surface area is 275 Å². The number of aromatic nitrogens is 2. The van der Waals surface area contributed by atoms with Gasteiger partial charge in [-0.25, -0.2) is 14.2 Å². The highest BCUT2D eigenvalue weighted by atomic mass is 19.1. The first-order valence-corrected chi connectivity index (χ1v) is 16.2. The minimum atomic E-state index is -0.950. The Morgan fingerprint density at radius 3 is 2.49 bits per heavy atom. The van der Waals surface area contributed by atoms with E-state index in [1.54, 1.807) is 32.0 Å². The first kappa shape index (κ1) is 34.2. The van der Waals surface area contributed by atoms with Gasteiger partial charge in [-0.1, -0.05) is 38.1 Å². The molecule has 3 aromatic rings. The lowest BCUT2D eigenvalue weighted by atomic mass is 9.86. The van der Waals surface area contributed by atoms with Gasteiger partial charge >= 0.3 is 12.1 Å². The number of rotatable bonds is 7. The summed E-state index contributed by atoms with van der Waals surface area (Å²) in [5, 5.41) is 12.2. The normalized spacial score (nSPS) is 19.2. The topological polar surface area (TPSA) is 120 Å². The highest BCUT2D eigenvalue weighted by Crippen LogP contribution is 2.42. The van der Waals surface area contributed by atoms with Crippen LogP contribution in [0.15, 0.2) is 42.5 Å². The van der Waals surface area contributed by atoms with Crippen LogP contribution in [0.4, 0.5) is 15.0 Å². The molecule has 0 spiro atoms. The van der Waals surface area contributed by atoms with Gasteiger partial charge in [-0.3, -0.25) is 15.1 Å². The van der Waals surface area contributed by atoms with Gasteiger partial charge in [-0.2, -0.15) is 0 Å². The Bertz CT molecular complexity index is 1680. The third-order valence-corrected chi connectivity index (χ3v) is 8.00. The van der Waals surface area contributed by atoms with Gasteiger partial charge in [0.2, 0.25) is 0 Å². The first-order chi connectivity index (χ1) is 22.1. The van der Waals surface area contributed by atoms with E-state index in [2.05, 4.69) is 19.2 Å². The van der Waals surface area contributed by atoms with Gasteiger partial charge < -0.3 is 19.3 Å². The predicted octanol–water partition coefficient (Wildman–Crippen LogP) is 8.31. The average molecular weight is 646 g/mol. The molecule has 0 unspecified atom stereocenters. The van der Waals surface area contributed by atoms with E-state index in [0.29, 0.717) is 25.1 Å². The molecule has 47 heavy (non-hydrogen) atoms. The van der Waals surface area contributed by atoms with Crippen molar-refractivity contribution < 1.29 is 33.3 Å². The van der Waals surface area contributed by atoms with Crippen molar-refractivity contribution >= 4 is 24.0 Å². The fourth-order valence-electron chi connectivity index (χ4n) is 6.29. The van der Waals surface area contributed by atoms with E-state index >= 15 is 0 Å². The van der Waals surface area contributed by atoms with Gasteiger partial charge in [-0.05, 0) is 101 Å². The fraction of sp³-hybridized carbons (Fsp3) is 0.459. The monoisotopic (exact) mass is 645 g/mol. The molecular formula is C37H44FN3O6. The minimum Gasteiger partial charge on any atom is -0.481 e. The van der Waals surface area contributed by atoms with Crippen molar-refractivity contribution in [3.8, 4) is 22.4 Å². The highest BCUT2D eigenvalue weighted by Gasteiger charge is 2.36. The molecule has 10 heteroatoms. The fourth-order valence-corrected chi connectivity index (χ4v) is 6.29. The van der Waals surface area contributed by atoms with Crippen molar-refractivity contribution in [3.63, 3.8) is 0 Å². The van der Waals surface area contributed by atoms with Crippen molar-refractivity contribution in [2.75, 3.05) is 5.32 Å². The van der Waals surface area contributed by atoms with E-state index < -0.39 is 29.6 Å². The number of pyridine rings is 2. The number of amides is 1. The lowest BCUT2D eigenvalue weighted by Crippen LogP contribution is -2.44. The lowest BCUT2D eigenvalue weighted by molar-refractivity contribution is -0.290. The number of anilines is 1. The molecule has 9 nitrogen and oxygen atoms in total. The number of carbonyl (C=O) groups is 2. The second-order valence-corrected chi connectivity index (χ2v) is 13.9. The molecular weight excluding hydrogens is 601 g/mol. The average Bonchev–Trinajstić information content (AvgIpc) is 3.12. The molecule has 1 amide bonds. The molecule has 2 aliphatic rings. The van der Waals surface area contributed by atoms with Crippen LogP contribution in [0, 0.1) is 5.82 Å². The number of carboxylic acids is 1. The van der Waals surface area contributed by atoms with E-state index in [1.807, 2.05) is 39.0 Å². The number of benzene rings is 1. The molecule has 1 aromatic carbocycles. The SMILES string of the molecule is CC(C)c1nc2c(c(-c3ccc(F)cc3)c1/C=C/[C@@H]1C[C@H](CC(=O)O)OC(C)(C)O1)CCCc1nc(NC(=O)OC(C)(C)C)ccc1-2. The summed E-state index contributed by atoms with van der Waals surface area (Å²) in [6, 6.07) is 10.2. The third-order valence-electron chi connectivity index (χ3n) is 8.00. The maximum atomic E-state index is 14.2. The summed E-state index contributed by atoms with van der Waals surface area (Å²) >= 11 is 0.